The van der Waals surface area contributed by atoms with Crippen LogP contribution in [0, 0.1) is 5.41 Å². The van der Waals surface area contributed by atoms with Crippen molar-refractivity contribution in [3.05, 3.63) is 70.0 Å². The number of Topliss-reactive ketones (excluding diaryl/α,β-unsaturated/α-hetero) is 1. The first-order valence-electron chi connectivity index (χ1n) is 10.9. The molecule has 2 fully saturated rings. The first kappa shape index (κ1) is 21.6. The molecule has 3 aliphatic rings. The topological polar surface area (TPSA) is 38.3 Å². The van der Waals surface area contributed by atoms with Crippen LogP contribution in [0.25, 0.3) is 0 Å². The third-order valence-corrected chi connectivity index (χ3v) is 10.6. The lowest BCUT2D eigenvalue weighted by Crippen LogP contribution is -2.46. The van der Waals surface area contributed by atoms with Crippen LogP contribution in [0.5, 0.6) is 5.75 Å². The number of nitrogens with one attached hydrogen (secondary N) is 1. The second kappa shape index (κ2) is 9.23. The van der Waals surface area contributed by atoms with E-state index >= 15 is 0 Å². The normalized spacial score (nSPS) is 30.6. The molecule has 1 aromatic rings. The summed E-state index contributed by atoms with van der Waals surface area (Å²) in [6.45, 7) is 6.46. The molecule has 30 heavy (non-hydrogen) atoms. The Hall–Kier alpha value is -1.65. The van der Waals surface area contributed by atoms with Crippen LogP contribution in [0.2, 0.25) is 6.04 Å². The zero-order valence-corrected chi connectivity index (χ0v) is 20.4. The van der Waals surface area contributed by atoms with Gasteiger partial charge in [-0.2, -0.15) is 0 Å². The fraction of sp³-hybridized carbons (Fsp3) is 0.440. The van der Waals surface area contributed by atoms with Crippen LogP contribution < -0.4 is 10.1 Å². The number of benzene rings is 1. The van der Waals surface area contributed by atoms with E-state index in [-0.39, 0.29) is 11.8 Å². The number of carbonyl (C=O) groups excluding carboxylic acids is 1. The van der Waals surface area contributed by atoms with Gasteiger partial charge in [0.1, 0.15) is 11.5 Å². The average Bonchev–Trinajstić information content (AvgIpc) is 3.52. The monoisotopic (exact) mass is 483 g/mol. The molecule has 1 saturated carbocycles. The molecular weight excluding hydrogens is 454 g/mol. The number of ketones is 1. The largest absolute Gasteiger partial charge is 0.494 e. The molecule has 1 saturated heterocycles. The standard InChI is InChI=1S/C25H30BrNO2Si/c1-3-18-15-20(27-24-17-30(24)22-7-5-4-6-8-22)16-23(28)25(18,2)13-14-29-21-11-9-19(26)10-12-21/h4-5,7,9-12,20,24,27,30H,1,6,8,13-17H2,2H3/t20?,24?,25-,30?/m1/s1. The van der Waals surface area contributed by atoms with Crippen LogP contribution in [-0.4, -0.2) is 32.9 Å². The molecule has 2 aliphatic carbocycles. The number of halogens is 1. The van der Waals surface area contributed by atoms with E-state index in [0.29, 0.717) is 25.1 Å². The van der Waals surface area contributed by atoms with Crippen LogP contribution >= 0.6 is 15.9 Å². The van der Waals surface area contributed by atoms with Gasteiger partial charge in [0.25, 0.3) is 0 Å². The minimum Gasteiger partial charge on any atom is -0.494 e. The lowest BCUT2D eigenvalue weighted by molar-refractivity contribution is -0.128. The van der Waals surface area contributed by atoms with E-state index in [9.17, 15) is 4.79 Å². The predicted octanol–water partition coefficient (Wildman–Crippen LogP) is 5.22. The Labute approximate surface area is 189 Å². The third kappa shape index (κ3) is 4.81. The number of ether oxygens (including phenoxy) is 1. The molecular formula is C25H30BrNO2Si. The Morgan fingerprint density at radius 3 is 2.83 bits per heavy atom. The van der Waals surface area contributed by atoms with Crippen molar-refractivity contribution >= 4 is 30.5 Å². The van der Waals surface area contributed by atoms with Gasteiger partial charge in [-0.3, -0.25) is 4.79 Å². The molecule has 5 heteroatoms. The molecule has 4 atom stereocenters. The molecule has 0 radical (unpaired) electrons. The minimum atomic E-state index is -0.809. The van der Waals surface area contributed by atoms with E-state index in [1.165, 1.54) is 18.9 Å². The van der Waals surface area contributed by atoms with Gasteiger partial charge in [-0.1, -0.05) is 45.9 Å². The Bertz CT molecular complexity index is 916. The first-order chi connectivity index (χ1) is 14.5. The minimum absolute atomic E-state index is 0.226. The summed E-state index contributed by atoms with van der Waals surface area (Å²) >= 11 is 3.43. The van der Waals surface area contributed by atoms with Crippen LogP contribution in [0.4, 0.5) is 0 Å². The summed E-state index contributed by atoms with van der Waals surface area (Å²) in [4.78, 5) is 13.2. The molecule has 1 aliphatic heterocycles. The quantitative estimate of drug-likeness (QED) is 0.426. The van der Waals surface area contributed by atoms with E-state index in [0.717, 1.165) is 22.2 Å². The van der Waals surface area contributed by atoms with Crippen molar-refractivity contribution in [1.82, 2.24) is 5.32 Å². The molecule has 0 bridgehead atoms. The molecule has 1 aromatic carbocycles. The molecule has 3 nitrogen and oxygen atoms in total. The molecule has 4 rings (SSSR count). The van der Waals surface area contributed by atoms with Gasteiger partial charge in [-0.25, -0.2) is 0 Å². The lowest BCUT2D eigenvalue weighted by Gasteiger charge is -2.38. The summed E-state index contributed by atoms with van der Waals surface area (Å²) in [5.74, 6) is 1.11. The number of hydrogen-bond acceptors (Lipinski definition) is 3. The maximum atomic E-state index is 13.2. The summed E-state index contributed by atoms with van der Waals surface area (Å²) < 4.78 is 6.92. The van der Waals surface area contributed by atoms with Crippen LogP contribution in [0.3, 0.4) is 0 Å². The fourth-order valence-electron chi connectivity index (χ4n) is 4.76. The van der Waals surface area contributed by atoms with E-state index in [2.05, 4.69) is 51.8 Å². The van der Waals surface area contributed by atoms with Crippen molar-refractivity contribution < 1.29 is 9.53 Å². The summed E-state index contributed by atoms with van der Waals surface area (Å²) in [7, 11) is -0.809. The zero-order chi connectivity index (χ0) is 21.1. The molecule has 158 valence electrons. The van der Waals surface area contributed by atoms with Crippen molar-refractivity contribution in [2.45, 2.75) is 56.8 Å². The second-order valence-electron chi connectivity index (χ2n) is 8.89. The Kier molecular flexibility index (Phi) is 6.64. The molecule has 1 N–H and O–H groups in total. The van der Waals surface area contributed by atoms with Crippen molar-refractivity contribution in [2.75, 3.05) is 6.61 Å². The van der Waals surface area contributed by atoms with Gasteiger partial charge in [0.05, 0.1) is 20.8 Å². The fourth-order valence-corrected chi connectivity index (χ4v) is 8.18. The predicted molar refractivity (Wildman–Crippen MR) is 128 cm³/mol. The lowest BCUT2D eigenvalue weighted by atomic mass is 9.67. The van der Waals surface area contributed by atoms with Crippen molar-refractivity contribution in [3.8, 4) is 5.75 Å². The summed E-state index contributed by atoms with van der Waals surface area (Å²) in [6.07, 6.45) is 11.4. The highest BCUT2D eigenvalue weighted by Crippen LogP contribution is 2.42. The van der Waals surface area contributed by atoms with Crippen molar-refractivity contribution in [1.29, 1.82) is 0 Å². The number of allylic oxidation sites excluding steroid dienone is 4. The third-order valence-electron chi connectivity index (χ3n) is 6.82. The maximum Gasteiger partial charge on any atom is 0.145 e. The average molecular weight is 485 g/mol. The highest BCUT2D eigenvalue weighted by molar-refractivity contribution is 9.10. The van der Waals surface area contributed by atoms with Crippen molar-refractivity contribution in [2.24, 2.45) is 5.41 Å². The van der Waals surface area contributed by atoms with Gasteiger partial charge >= 0.3 is 0 Å². The summed E-state index contributed by atoms with van der Waals surface area (Å²) in [5.41, 5.74) is 4.28. The van der Waals surface area contributed by atoms with E-state index in [4.69, 9.17) is 4.74 Å². The van der Waals surface area contributed by atoms with Gasteiger partial charge in [0.15, 0.2) is 0 Å². The highest BCUT2D eigenvalue weighted by atomic mass is 79.9. The van der Waals surface area contributed by atoms with Gasteiger partial charge in [-0.15, -0.1) is 5.73 Å². The first-order valence-corrected chi connectivity index (χ1v) is 13.8. The second-order valence-corrected chi connectivity index (χ2v) is 13.0. The van der Waals surface area contributed by atoms with Gasteiger partial charge in [-0.05, 0) is 74.2 Å². The molecule has 3 unspecified atom stereocenters. The zero-order valence-electron chi connectivity index (χ0n) is 17.6. The molecule has 1 heterocycles. The molecule has 0 amide bonds. The summed E-state index contributed by atoms with van der Waals surface area (Å²) in [6, 6.07) is 9.35. The SMILES string of the molecule is C=C=C1CC(NC2C[SiH]2C2=CC=CCC2)CC(=O)[C@]1(C)CCOc1ccc(Br)cc1. The van der Waals surface area contributed by atoms with Crippen molar-refractivity contribution in [3.63, 3.8) is 0 Å². The van der Waals surface area contributed by atoms with Crippen LogP contribution in [0.15, 0.2) is 70.0 Å². The number of hydrogen-bond donors (Lipinski definition) is 1. The van der Waals surface area contributed by atoms with Crippen LogP contribution in [0.1, 0.15) is 39.0 Å². The Balaban J connectivity index is 1.32. The summed E-state index contributed by atoms with van der Waals surface area (Å²) in [5, 5.41) is 5.51. The highest BCUT2D eigenvalue weighted by Gasteiger charge is 2.46. The van der Waals surface area contributed by atoms with Gasteiger partial charge in [0.2, 0.25) is 0 Å². The van der Waals surface area contributed by atoms with Gasteiger partial charge in [0, 0.05) is 16.9 Å². The number of carbonyl (C=O) groups is 1. The smallest absolute Gasteiger partial charge is 0.145 e. The maximum absolute atomic E-state index is 13.2. The molecule has 0 aromatic heterocycles. The van der Waals surface area contributed by atoms with Crippen LogP contribution in [-0.2, 0) is 4.79 Å². The van der Waals surface area contributed by atoms with E-state index in [1.807, 2.05) is 31.2 Å². The van der Waals surface area contributed by atoms with E-state index in [1.54, 1.807) is 5.20 Å². The van der Waals surface area contributed by atoms with Gasteiger partial charge < -0.3 is 10.1 Å². The Morgan fingerprint density at radius 2 is 2.13 bits per heavy atom. The molecule has 0 spiro atoms. The van der Waals surface area contributed by atoms with E-state index < -0.39 is 14.2 Å². The Morgan fingerprint density at radius 1 is 1.33 bits per heavy atom. The number of rotatable bonds is 7.